The molecular formula is C13H13O4PS. The van der Waals surface area contributed by atoms with Crippen LogP contribution in [0, 0.1) is 0 Å². The molecule has 0 aliphatic rings. The Morgan fingerprint density at radius 1 is 1.21 bits per heavy atom. The molecular weight excluding hydrogens is 283 g/mol. The topological polar surface area (TPSA) is 74.6 Å². The van der Waals surface area contributed by atoms with Gasteiger partial charge in [-0.1, -0.05) is 36.4 Å². The summed E-state index contributed by atoms with van der Waals surface area (Å²) in [6.07, 6.45) is 0. The van der Waals surface area contributed by atoms with Crippen LogP contribution in [0.4, 0.5) is 0 Å². The standard InChI is InChI=1S/C13H13O4PS/c1-13(12(14)15,10-6-3-2-4-7-10)18(16,17)11-8-5-9-19-11/h2-9H,1H3,(H,14,15)(H,16,17). The molecule has 0 bridgehead atoms. The van der Waals surface area contributed by atoms with E-state index in [0.29, 0.717) is 5.56 Å². The number of hydrogen-bond donors (Lipinski definition) is 2. The highest BCUT2D eigenvalue weighted by atomic mass is 32.1. The van der Waals surface area contributed by atoms with Crippen LogP contribution in [0.1, 0.15) is 12.5 Å². The molecule has 0 aliphatic carbocycles. The maximum Gasteiger partial charge on any atom is 0.324 e. The molecule has 0 saturated heterocycles. The number of thiophene rings is 1. The second-order valence-corrected chi connectivity index (χ2v) is 8.05. The maximum absolute atomic E-state index is 12.7. The van der Waals surface area contributed by atoms with Gasteiger partial charge in [0.25, 0.3) is 7.37 Å². The van der Waals surface area contributed by atoms with Gasteiger partial charge in [0.1, 0.15) is 0 Å². The van der Waals surface area contributed by atoms with Gasteiger partial charge in [0, 0.05) is 0 Å². The Hall–Kier alpha value is -1.42. The Balaban J connectivity index is 2.65. The van der Waals surface area contributed by atoms with Gasteiger partial charge in [-0.05, 0) is 23.9 Å². The third kappa shape index (κ3) is 2.14. The molecule has 0 saturated carbocycles. The van der Waals surface area contributed by atoms with E-state index >= 15 is 0 Å². The number of hydrogen-bond acceptors (Lipinski definition) is 3. The second-order valence-electron chi connectivity index (χ2n) is 4.27. The number of carbonyl (C=O) groups is 1. The van der Waals surface area contributed by atoms with Crippen LogP contribution in [-0.2, 0) is 14.5 Å². The monoisotopic (exact) mass is 296 g/mol. The summed E-state index contributed by atoms with van der Waals surface area (Å²) in [7, 11) is -4.08. The summed E-state index contributed by atoms with van der Waals surface area (Å²) in [4.78, 5) is 22.0. The number of rotatable bonds is 4. The zero-order chi connectivity index (χ0) is 14.1. The van der Waals surface area contributed by atoms with Crippen molar-refractivity contribution in [3.8, 4) is 0 Å². The van der Waals surface area contributed by atoms with E-state index < -0.39 is 18.5 Å². The lowest BCUT2D eigenvalue weighted by atomic mass is 10.0. The molecule has 2 rings (SSSR count). The lowest BCUT2D eigenvalue weighted by Gasteiger charge is -2.29. The van der Waals surface area contributed by atoms with E-state index in [1.165, 1.54) is 13.0 Å². The molecule has 6 heteroatoms. The predicted molar refractivity (Wildman–Crippen MR) is 75.2 cm³/mol. The van der Waals surface area contributed by atoms with Crippen molar-refractivity contribution >= 4 is 29.3 Å². The number of aliphatic carboxylic acids is 1. The van der Waals surface area contributed by atoms with Crippen molar-refractivity contribution in [2.24, 2.45) is 0 Å². The first-order chi connectivity index (χ1) is 8.90. The Morgan fingerprint density at radius 3 is 2.32 bits per heavy atom. The SMILES string of the molecule is CC(C(=O)O)(c1ccccc1)P(=O)(O)c1cccs1. The fourth-order valence-corrected chi connectivity index (χ4v) is 5.10. The van der Waals surface area contributed by atoms with E-state index in [2.05, 4.69) is 0 Å². The summed E-state index contributed by atoms with van der Waals surface area (Å²) in [5.41, 5.74) is 0.321. The van der Waals surface area contributed by atoms with Crippen LogP contribution in [0.15, 0.2) is 47.8 Å². The second kappa shape index (κ2) is 4.93. The van der Waals surface area contributed by atoms with Gasteiger partial charge in [-0.15, -0.1) is 11.3 Å². The molecule has 0 spiro atoms. The van der Waals surface area contributed by atoms with Gasteiger partial charge in [-0.3, -0.25) is 9.36 Å². The summed E-state index contributed by atoms with van der Waals surface area (Å²) in [5, 5.41) is 9.30. The number of benzene rings is 1. The van der Waals surface area contributed by atoms with Crippen molar-refractivity contribution < 1.29 is 19.4 Å². The number of carboxylic acids is 1. The summed E-state index contributed by atoms with van der Waals surface area (Å²) in [6, 6.07) is 11.3. The predicted octanol–water partition coefficient (Wildman–Crippen LogP) is 2.64. The van der Waals surface area contributed by atoms with Crippen LogP contribution >= 0.6 is 18.7 Å². The van der Waals surface area contributed by atoms with Crippen molar-refractivity contribution in [1.29, 1.82) is 0 Å². The molecule has 0 aliphatic heterocycles. The zero-order valence-corrected chi connectivity index (χ0v) is 11.9. The van der Waals surface area contributed by atoms with Gasteiger partial charge in [-0.2, -0.15) is 0 Å². The zero-order valence-electron chi connectivity index (χ0n) is 10.2. The van der Waals surface area contributed by atoms with E-state index in [1.807, 2.05) is 0 Å². The lowest BCUT2D eigenvalue weighted by Crippen LogP contribution is -2.35. The largest absolute Gasteiger partial charge is 0.480 e. The van der Waals surface area contributed by atoms with Crippen LogP contribution in [-0.4, -0.2) is 16.0 Å². The third-order valence-corrected chi connectivity index (χ3v) is 7.30. The Morgan fingerprint density at radius 2 is 1.84 bits per heavy atom. The summed E-state index contributed by atoms with van der Waals surface area (Å²) < 4.78 is 12.9. The van der Waals surface area contributed by atoms with Crippen LogP contribution in [0.25, 0.3) is 0 Å². The molecule has 1 heterocycles. The highest BCUT2D eigenvalue weighted by Crippen LogP contribution is 2.59. The fourth-order valence-electron chi connectivity index (χ4n) is 1.85. The molecule has 2 atom stereocenters. The van der Waals surface area contributed by atoms with Crippen LogP contribution < -0.4 is 4.62 Å². The highest BCUT2D eigenvalue weighted by molar-refractivity contribution is 7.73. The van der Waals surface area contributed by atoms with Crippen molar-refractivity contribution in [2.75, 3.05) is 0 Å². The molecule has 0 radical (unpaired) electrons. The first-order valence-electron chi connectivity index (χ1n) is 5.56. The normalized spacial score (nSPS) is 17.4. The van der Waals surface area contributed by atoms with E-state index in [0.717, 1.165) is 11.3 Å². The highest BCUT2D eigenvalue weighted by Gasteiger charge is 2.52. The van der Waals surface area contributed by atoms with Crippen LogP contribution in [0.5, 0.6) is 0 Å². The minimum Gasteiger partial charge on any atom is -0.480 e. The van der Waals surface area contributed by atoms with Gasteiger partial charge in [-0.25, -0.2) is 0 Å². The van der Waals surface area contributed by atoms with Gasteiger partial charge < -0.3 is 10.00 Å². The first kappa shape index (κ1) is 14.0. The van der Waals surface area contributed by atoms with Gasteiger partial charge >= 0.3 is 5.97 Å². The Kier molecular flexibility index (Phi) is 3.63. The van der Waals surface area contributed by atoms with E-state index in [4.69, 9.17) is 0 Å². The molecule has 1 aromatic carbocycles. The van der Waals surface area contributed by atoms with Crippen molar-refractivity contribution in [3.05, 3.63) is 53.4 Å². The van der Waals surface area contributed by atoms with Gasteiger partial charge in [0.2, 0.25) is 0 Å². The fraction of sp³-hybridized carbons (Fsp3) is 0.154. The van der Waals surface area contributed by atoms with Crippen LogP contribution in [0.3, 0.4) is 0 Å². The number of carboxylic acid groups (broad SMARTS) is 1. The first-order valence-corrected chi connectivity index (χ1v) is 8.10. The molecule has 2 N–H and O–H groups in total. The summed E-state index contributed by atoms with van der Waals surface area (Å²) in [6.45, 7) is 1.30. The Labute approximate surface area is 114 Å². The van der Waals surface area contributed by atoms with Gasteiger partial charge in [0.05, 0.1) is 4.62 Å². The maximum atomic E-state index is 12.7. The molecule has 0 amide bonds. The van der Waals surface area contributed by atoms with E-state index in [1.54, 1.807) is 41.8 Å². The molecule has 2 unspecified atom stereocenters. The Bertz CT molecular complexity index is 623. The molecule has 0 fully saturated rings. The van der Waals surface area contributed by atoms with Crippen molar-refractivity contribution in [1.82, 2.24) is 0 Å². The lowest BCUT2D eigenvalue weighted by molar-refractivity contribution is -0.140. The minimum absolute atomic E-state index is 0.196. The summed E-state index contributed by atoms with van der Waals surface area (Å²) in [5.74, 6) is -1.31. The average Bonchev–Trinajstić information content (AvgIpc) is 2.92. The van der Waals surface area contributed by atoms with E-state index in [9.17, 15) is 19.4 Å². The summed E-state index contributed by atoms with van der Waals surface area (Å²) >= 11 is 1.09. The molecule has 100 valence electrons. The van der Waals surface area contributed by atoms with Crippen molar-refractivity contribution in [2.45, 2.75) is 12.1 Å². The van der Waals surface area contributed by atoms with Crippen LogP contribution in [0.2, 0.25) is 0 Å². The molecule has 19 heavy (non-hydrogen) atoms. The molecule has 4 nitrogen and oxygen atoms in total. The van der Waals surface area contributed by atoms with E-state index in [-0.39, 0.29) is 4.62 Å². The van der Waals surface area contributed by atoms with Crippen molar-refractivity contribution in [3.63, 3.8) is 0 Å². The smallest absolute Gasteiger partial charge is 0.324 e. The molecule has 2 aromatic rings. The minimum atomic E-state index is -4.08. The molecule has 1 aromatic heterocycles. The third-order valence-electron chi connectivity index (χ3n) is 3.16. The van der Waals surface area contributed by atoms with Gasteiger partial charge in [0.15, 0.2) is 5.16 Å². The average molecular weight is 296 g/mol. The quantitative estimate of drug-likeness (QED) is 0.851.